The van der Waals surface area contributed by atoms with Gasteiger partial charge in [0.2, 0.25) is 15.9 Å². The van der Waals surface area contributed by atoms with E-state index in [1.807, 2.05) is 6.92 Å². The SMILES string of the molecule is CC(N)C1CCCN(C(=O)CNS(=O)(=O)c2ccc3c(c2)COC3)C1. The number of hydrogen-bond acceptors (Lipinski definition) is 5. The van der Waals surface area contributed by atoms with Crippen LogP contribution in [0.4, 0.5) is 0 Å². The lowest BCUT2D eigenvalue weighted by Gasteiger charge is -2.34. The molecule has 2 heterocycles. The van der Waals surface area contributed by atoms with Crippen molar-refractivity contribution in [3.05, 3.63) is 29.3 Å². The van der Waals surface area contributed by atoms with Crippen LogP contribution in [0.3, 0.4) is 0 Å². The number of carbonyl (C=O) groups is 1. The zero-order valence-electron chi connectivity index (χ0n) is 14.4. The first-order valence-electron chi connectivity index (χ1n) is 8.59. The summed E-state index contributed by atoms with van der Waals surface area (Å²) in [5.41, 5.74) is 7.82. The van der Waals surface area contributed by atoms with E-state index in [2.05, 4.69) is 4.72 Å². The summed E-state index contributed by atoms with van der Waals surface area (Å²) in [5.74, 6) is 0.0597. The number of hydrogen-bond donors (Lipinski definition) is 2. The Labute approximate surface area is 148 Å². The molecule has 2 atom stereocenters. The molecule has 3 N–H and O–H groups in total. The Morgan fingerprint density at radius 2 is 2.16 bits per heavy atom. The topological polar surface area (TPSA) is 102 Å². The van der Waals surface area contributed by atoms with Crippen LogP contribution in [0.25, 0.3) is 0 Å². The highest BCUT2D eigenvalue weighted by Gasteiger charge is 2.27. The number of likely N-dealkylation sites (tertiary alicyclic amines) is 1. The van der Waals surface area contributed by atoms with Gasteiger partial charge in [-0.05, 0) is 48.9 Å². The number of amides is 1. The van der Waals surface area contributed by atoms with Crippen LogP contribution in [0, 0.1) is 5.92 Å². The van der Waals surface area contributed by atoms with Crippen LogP contribution < -0.4 is 10.5 Å². The number of piperidine rings is 1. The van der Waals surface area contributed by atoms with Crippen LogP contribution in [0.15, 0.2) is 23.1 Å². The van der Waals surface area contributed by atoms with Crippen molar-refractivity contribution in [2.75, 3.05) is 19.6 Å². The molecule has 0 bridgehead atoms. The normalized spacial score (nSPS) is 21.8. The summed E-state index contributed by atoms with van der Waals surface area (Å²) in [7, 11) is -3.72. The maximum absolute atomic E-state index is 12.4. The molecule has 2 aliphatic heterocycles. The molecule has 2 aliphatic rings. The predicted octanol–water partition coefficient (Wildman–Crippen LogP) is 0.581. The molecule has 0 aromatic heterocycles. The summed E-state index contributed by atoms with van der Waals surface area (Å²) in [6.07, 6.45) is 1.90. The number of rotatable bonds is 5. The third kappa shape index (κ3) is 4.20. The number of nitrogens with two attached hydrogens (primary N) is 1. The third-order valence-electron chi connectivity index (χ3n) is 4.97. The summed E-state index contributed by atoms with van der Waals surface area (Å²) in [4.78, 5) is 14.2. The molecule has 0 radical (unpaired) electrons. The van der Waals surface area contributed by atoms with Gasteiger partial charge >= 0.3 is 0 Å². The Kier molecular flexibility index (Phi) is 5.43. The molecule has 0 spiro atoms. The Balaban J connectivity index is 1.61. The molecule has 1 aromatic rings. The zero-order chi connectivity index (χ0) is 18.0. The van der Waals surface area contributed by atoms with E-state index in [0.717, 1.165) is 24.0 Å². The van der Waals surface area contributed by atoms with Crippen molar-refractivity contribution in [2.45, 2.75) is 43.9 Å². The molecule has 7 nitrogen and oxygen atoms in total. The molecule has 25 heavy (non-hydrogen) atoms. The zero-order valence-corrected chi connectivity index (χ0v) is 15.2. The summed E-state index contributed by atoms with van der Waals surface area (Å²) in [5, 5.41) is 0. The van der Waals surface area contributed by atoms with Gasteiger partial charge in [-0.2, -0.15) is 0 Å². The van der Waals surface area contributed by atoms with Crippen LogP contribution >= 0.6 is 0 Å². The molecule has 0 aliphatic carbocycles. The molecule has 8 heteroatoms. The maximum Gasteiger partial charge on any atom is 0.241 e. The first-order valence-corrected chi connectivity index (χ1v) is 10.1. The van der Waals surface area contributed by atoms with E-state index in [1.165, 1.54) is 0 Å². The summed E-state index contributed by atoms with van der Waals surface area (Å²) in [6, 6.07) is 4.95. The summed E-state index contributed by atoms with van der Waals surface area (Å²) >= 11 is 0. The van der Waals surface area contributed by atoms with Crippen molar-refractivity contribution in [1.82, 2.24) is 9.62 Å². The first-order chi connectivity index (χ1) is 11.9. The predicted molar refractivity (Wildman–Crippen MR) is 93.1 cm³/mol. The monoisotopic (exact) mass is 367 g/mol. The van der Waals surface area contributed by atoms with Gasteiger partial charge in [0.1, 0.15) is 0 Å². The van der Waals surface area contributed by atoms with Crippen molar-refractivity contribution >= 4 is 15.9 Å². The molecule has 138 valence electrons. The molecule has 2 unspecified atom stereocenters. The Morgan fingerprint density at radius 3 is 2.92 bits per heavy atom. The summed E-state index contributed by atoms with van der Waals surface area (Å²) < 4.78 is 32.6. The van der Waals surface area contributed by atoms with Crippen molar-refractivity contribution in [2.24, 2.45) is 11.7 Å². The van der Waals surface area contributed by atoms with Crippen molar-refractivity contribution in [3.63, 3.8) is 0 Å². The van der Waals surface area contributed by atoms with Crippen LogP contribution in [-0.4, -0.2) is 44.9 Å². The highest BCUT2D eigenvalue weighted by Crippen LogP contribution is 2.23. The van der Waals surface area contributed by atoms with E-state index in [4.69, 9.17) is 10.5 Å². The molecular formula is C17H25N3O4S. The van der Waals surface area contributed by atoms with Gasteiger partial charge in [0, 0.05) is 19.1 Å². The second kappa shape index (κ2) is 7.41. The summed E-state index contributed by atoms with van der Waals surface area (Å²) in [6.45, 7) is 3.89. The van der Waals surface area contributed by atoms with Gasteiger partial charge in [0.15, 0.2) is 0 Å². The van der Waals surface area contributed by atoms with Crippen molar-refractivity contribution < 1.29 is 17.9 Å². The number of carbonyl (C=O) groups excluding carboxylic acids is 1. The first kappa shape index (κ1) is 18.3. The smallest absolute Gasteiger partial charge is 0.241 e. The molecule has 1 aromatic carbocycles. The van der Waals surface area contributed by atoms with E-state index in [1.54, 1.807) is 23.1 Å². The number of nitrogens with one attached hydrogen (secondary N) is 1. The number of nitrogens with zero attached hydrogens (tertiary/aromatic N) is 1. The van der Waals surface area contributed by atoms with Crippen molar-refractivity contribution in [1.29, 1.82) is 0 Å². The molecule has 3 rings (SSSR count). The standard InChI is InChI=1S/C17H25N3O4S/c1-12(18)13-3-2-6-20(9-13)17(21)8-19-25(22,23)16-5-4-14-10-24-11-15(14)7-16/h4-5,7,12-13,19H,2-3,6,8-11,18H2,1H3. The Hall–Kier alpha value is -1.48. The van der Waals surface area contributed by atoms with Gasteiger partial charge in [-0.3, -0.25) is 4.79 Å². The van der Waals surface area contributed by atoms with E-state index in [-0.39, 0.29) is 29.3 Å². The maximum atomic E-state index is 12.4. The lowest BCUT2D eigenvalue weighted by molar-refractivity contribution is -0.131. The van der Waals surface area contributed by atoms with Crippen molar-refractivity contribution in [3.8, 4) is 0 Å². The minimum absolute atomic E-state index is 0.0286. The average molecular weight is 367 g/mol. The molecule has 0 saturated carbocycles. The van der Waals surface area contributed by atoms with Crippen LogP contribution in [0.5, 0.6) is 0 Å². The van der Waals surface area contributed by atoms with E-state index in [0.29, 0.717) is 26.3 Å². The van der Waals surface area contributed by atoms with Gasteiger partial charge in [0.25, 0.3) is 0 Å². The second-order valence-electron chi connectivity index (χ2n) is 6.85. The number of sulfonamides is 1. The minimum atomic E-state index is -3.72. The number of benzene rings is 1. The van der Waals surface area contributed by atoms with Gasteiger partial charge in [0.05, 0.1) is 24.7 Å². The van der Waals surface area contributed by atoms with Gasteiger partial charge in [-0.15, -0.1) is 0 Å². The minimum Gasteiger partial charge on any atom is -0.372 e. The Bertz CT molecular complexity index is 748. The highest BCUT2D eigenvalue weighted by atomic mass is 32.2. The van der Waals surface area contributed by atoms with E-state index >= 15 is 0 Å². The van der Waals surface area contributed by atoms with Gasteiger partial charge in [-0.1, -0.05) is 6.07 Å². The molecule has 1 fully saturated rings. The van der Waals surface area contributed by atoms with Gasteiger partial charge < -0.3 is 15.4 Å². The molecule has 1 saturated heterocycles. The number of fused-ring (bicyclic) bond motifs is 1. The molecular weight excluding hydrogens is 342 g/mol. The largest absolute Gasteiger partial charge is 0.372 e. The highest BCUT2D eigenvalue weighted by molar-refractivity contribution is 7.89. The van der Waals surface area contributed by atoms with Crippen LogP contribution in [0.1, 0.15) is 30.9 Å². The van der Waals surface area contributed by atoms with E-state index in [9.17, 15) is 13.2 Å². The average Bonchev–Trinajstić information content (AvgIpc) is 3.07. The fourth-order valence-corrected chi connectivity index (χ4v) is 4.36. The van der Waals surface area contributed by atoms with Crippen LogP contribution in [0.2, 0.25) is 0 Å². The lowest BCUT2D eigenvalue weighted by atomic mass is 9.92. The Morgan fingerprint density at radius 1 is 1.40 bits per heavy atom. The quantitative estimate of drug-likeness (QED) is 0.793. The molecule has 1 amide bonds. The fraction of sp³-hybridized carbons (Fsp3) is 0.588. The number of ether oxygens (including phenoxy) is 1. The lowest BCUT2D eigenvalue weighted by Crippen LogP contribution is -2.48. The van der Waals surface area contributed by atoms with E-state index < -0.39 is 10.0 Å². The second-order valence-corrected chi connectivity index (χ2v) is 8.62. The van der Waals surface area contributed by atoms with Crippen LogP contribution in [-0.2, 0) is 32.8 Å². The fourth-order valence-electron chi connectivity index (χ4n) is 3.33. The van der Waals surface area contributed by atoms with Gasteiger partial charge in [-0.25, -0.2) is 13.1 Å². The third-order valence-corrected chi connectivity index (χ3v) is 6.37.